The number of hydrogen-bond acceptors (Lipinski definition) is 4. The van der Waals surface area contributed by atoms with Gasteiger partial charge < -0.3 is 20.1 Å². The Labute approximate surface area is 103 Å². The van der Waals surface area contributed by atoms with Crippen molar-refractivity contribution >= 4 is 11.9 Å². The monoisotopic (exact) mass is 254 g/mol. The van der Waals surface area contributed by atoms with Crippen LogP contribution in [-0.4, -0.2) is 41.7 Å². The lowest BCUT2D eigenvalue weighted by Gasteiger charge is -2.13. The van der Waals surface area contributed by atoms with E-state index in [-0.39, 0.29) is 24.1 Å². The van der Waals surface area contributed by atoms with Crippen LogP contribution in [0.25, 0.3) is 0 Å². The van der Waals surface area contributed by atoms with Crippen molar-refractivity contribution < 1.29 is 19.4 Å². The zero-order chi connectivity index (χ0) is 13.5. The van der Waals surface area contributed by atoms with E-state index in [9.17, 15) is 14.4 Å². The molecule has 1 aromatic rings. The number of ether oxygens (including phenoxy) is 1. The molecule has 0 aromatic carbocycles. The van der Waals surface area contributed by atoms with Gasteiger partial charge in [0.1, 0.15) is 0 Å². The first-order valence-corrected chi connectivity index (χ1v) is 5.24. The van der Waals surface area contributed by atoms with E-state index in [0.717, 1.165) is 6.07 Å². The summed E-state index contributed by atoms with van der Waals surface area (Å²) in [6.07, 6.45) is 0.558. The first-order chi connectivity index (χ1) is 8.52. The first kappa shape index (κ1) is 13.9. The number of amides is 1. The second kappa shape index (κ2) is 6.55. The highest BCUT2D eigenvalue weighted by atomic mass is 16.5. The van der Waals surface area contributed by atoms with Crippen LogP contribution in [0.5, 0.6) is 0 Å². The minimum atomic E-state index is -1.01. The van der Waals surface area contributed by atoms with Crippen LogP contribution in [0, 0.1) is 0 Å². The van der Waals surface area contributed by atoms with Gasteiger partial charge in [-0.25, -0.2) is 0 Å². The maximum atomic E-state index is 11.6. The number of nitrogens with one attached hydrogen (secondary N) is 2. The van der Waals surface area contributed by atoms with E-state index in [1.165, 1.54) is 19.4 Å². The standard InChI is InChI=1S/C11H14N2O5/c1-18-8(5-10(15)16)6-13-11(17)7-2-3-12-9(14)4-7/h2-4,8H,5-6H2,1H3,(H,12,14)(H,13,17)(H,15,16). The molecule has 1 heterocycles. The van der Waals surface area contributed by atoms with E-state index < -0.39 is 18.0 Å². The molecular formula is C11H14N2O5. The Kier molecular flexibility index (Phi) is 5.06. The third-order valence-electron chi connectivity index (χ3n) is 2.26. The van der Waals surface area contributed by atoms with Gasteiger partial charge >= 0.3 is 5.97 Å². The quantitative estimate of drug-likeness (QED) is 0.639. The molecule has 0 fully saturated rings. The summed E-state index contributed by atoms with van der Waals surface area (Å²) in [6, 6.07) is 2.62. The largest absolute Gasteiger partial charge is 0.481 e. The fourth-order valence-corrected chi connectivity index (χ4v) is 1.33. The average molecular weight is 254 g/mol. The number of methoxy groups -OCH3 is 1. The van der Waals surface area contributed by atoms with Crippen LogP contribution >= 0.6 is 0 Å². The molecule has 1 rings (SSSR count). The molecule has 1 amide bonds. The second-order valence-corrected chi connectivity index (χ2v) is 3.61. The summed E-state index contributed by atoms with van der Waals surface area (Å²) < 4.78 is 4.91. The number of aromatic amines is 1. The van der Waals surface area contributed by atoms with Crippen molar-refractivity contribution in [1.29, 1.82) is 0 Å². The molecule has 3 N–H and O–H groups in total. The lowest BCUT2D eigenvalue weighted by atomic mass is 10.2. The maximum Gasteiger partial charge on any atom is 0.306 e. The van der Waals surface area contributed by atoms with Crippen molar-refractivity contribution in [1.82, 2.24) is 10.3 Å². The SMILES string of the molecule is COC(CNC(=O)c1cc[nH]c(=O)c1)CC(=O)O. The molecular weight excluding hydrogens is 240 g/mol. The van der Waals surface area contributed by atoms with E-state index in [0.29, 0.717) is 0 Å². The lowest BCUT2D eigenvalue weighted by Crippen LogP contribution is -2.34. The number of carbonyl (C=O) groups is 2. The molecule has 0 aliphatic heterocycles. The third-order valence-corrected chi connectivity index (χ3v) is 2.26. The van der Waals surface area contributed by atoms with Crippen molar-refractivity contribution in [3.05, 3.63) is 34.2 Å². The topological polar surface area (TPSA) is 108 Å². The summed E-state index contributed by atoms with van der Waals surface area (Å²) in [7, 11) is 1.37. The maximum absolute atomic E-state index is 11.6. The van der Waals surface area contributed by atoms with E-state index in [4.69, 9.17) is 9.84 Å². The molecule has 0 saturated carbocycles. The van der Waals surface area contributed by atoms with Crippen LogP contribution in [0.3, 0.4) is 0 Å². The summed E-state index contributed by atoms with van der Waals surface area (Å²) in [5.74, 6) is -1.46. The summed E-state index contributed by atoms with van der Waals surface area (Å²) in [5.41, 5.74) is -0.166. The number of carboxylic acid groups (broad SMARTS) is 1. The summed E-state index contributed by atoms with van der Waals surface area (Å²) in [5, 5.41) is 11.1. The predicted octanol–water partition coefficient (Wildman–Crippen LogP) is -0.406. The van der Waals surface area contributed by atoms with Crippen molar-refractivity contribution in [2.75, 3.05) is 13.7 Å². The molecule has 0 saturated heterocycles. The van der Waals surface area contributed by atoms with Crippen molar-refractivity contribution in [2.45, 2.75) is 12.5 Å². The predicted molar refractivity (Wildman–Crippen MR) is 62.4 cm³/mol. The van der Waals surface area contributed by atoms with Gasteiger partial charge in [-0.05, 0) is 6.07 Å². The van der Waals surface area contributed by atoms with E-state index in [2.05, 4.69) is 10.3 Å². The zero-order valence-corrected chi connectivity index (χ0v) is 9.80. The number of pyridine rings is 1. The minimum absolute atomic E-state index is 0.0639. The number of aromatic nitrogens is 1. The van der Waals surface area contributed by atoms with Gasteiger partial charge in [-0.2, -0.15) is 0 Å². The van der Waals surface area contributed by atoms with E-state index in [1.54, 1.807) is 0 Å². The normalized spacial score (nSPS) is 11.8. The highest BCUT2D eigenvalue weighted by molar-refractivity contribution is 5.93. The summed E-state index contributed by atoms with van der Waals surface area (Å²) in [4.78, 5) is 35.5. The molecule has 0 bridgehead atoms. The fraction of sp³-hybridized carbons (Fsp3) is 0.364. The number of H-pyrrole nitrogens is 1. The molecule has 0 radical (unpaired) electrons. The number of rotatable bonds is 6. The second-order valence-electron chi connectivity index (χ2n) is 3.61. The number of carboxylic acids is 1. The van der Waals surface area contributed by atoms with Gasteiger partial charge in [-0.15, -0.1) is 0 Å². The Bertz CT molecular complexity index is 482. The van der Waals surface area contributed by atoms with Crippen molar-refractivity contribution in [2.24, 2.45) is 0 Å². The van der Waals surface area contributed by atoms with Gasteiger partial charge in [0.15, 0.2) is 0 Å². The molecule has 1 aromatic heterocycles. The molecule has 98 valence electrons. The third kappa shape index (κ3) is 4.38. The Morgan fingerprint density at radius 2 is 2.28 bits per heavy atom. The van der Waals surface area contributed by atoms with Gasteiger partial charge in [0.05, 0.1) is 12.5 Å². The highest BCUT2D eigenvalue weighted by Gasteiger charge is 2.14. The van der Waals surface area contributed by atoms with Gasteiger partial charge in [-0.1, -0.05) is 0 Å². The van der Waals surface area contributed by atoms with Gasteiger partial charge in [-0.3, -0.25) is 14.4 Å². The molecule has 1 atom stereocenters. The van der Waals surface area contributed by atoms with E-state index in [1.807, 2.05) is 0 Å². The van der Waals surface area contributed by atoms with Gasteiger partial charge in [0.25, 0.3) is 5.91 Å². The van der Waals surface area contributed by atoms with Crippen LogP contribution in [0.1, 0.15) is 16.8 Å². The molecule has 0 aliphatic rings. The Hall–Kier alpha value is -2.15. The average Bonchev–Trinajstić information content (AvgIpc) is 2.33. The molecule has 1 unspecified atom stereocenters. The minimum Gasteiger partial charge on any atom is -0.481 e. The Morgan fingerprint density at radius 1 is 1.56 bits per heavy atom. The summed E-state index contributed by atoms with van der Waals surface area (Å²) >= 11 is 0. The van der Waals surface area contributed by atoms with Crippen LogP contribution < -0.4 is 10.9 Å². The molecule has 18 heavy (non-hydrogen) atoms. The Balaban J connectivity index is 2.55. The highest BCUT2D eigenvalue weighted by Crippen LogP contribution is 1.97. The molecule has 0 aliphatic carbocycles. The Morgan fingerprint density at radius 3 is 2.83 bits per heavy atom. The van der Waals surface area contributed by atoms with Crippen molar-refractivity contribution in [3.63, 3.8) is 0 Å². The smallest absolute Gasteiger partial charge is 0.306 e. The van der Waals surface area contributed by atoms with Crippen LogP contribution in [0.15, 0.2) is 23.1 Å². The van der Waals surface area contributed by atoms with E-state index >= 15 is 0 Å². The zero-order valence-electron chi connectivity index (χ0n) is 9.80. The van der Waals surface area contributed by atoms with Gasteiger partial charge in [0, 0.05) is 31.5 Å². The lowest BCUT2D eigenvalue weighted by molar-refractivity contribution is -0.139. The van der Waals surface area contributed by atoms with Crippen LogP contribution in [-0.2, 0) is 9.53 Å². The first-order valence-electron chi connectivity index (χ1n) is 5.24. The van der Waals surface area contributed by atoms with Crippen LogP contribution in [0.2, 0.25) is 0 Å². The molecule has 7 nitrogen and oxygen atoms in total. The van der Waals surface area contributed by atoms with Gasteiger partial charge in [0.2, 0.25) is 5.56 Å². The molecule has 7 heteroatoms. The number of aliphatic carboxylic acids is 1. The van der Waals surface area contributed by atoms with Crippen LogP contribution in [0.4, 0.5) is 0 Å². The fourth-order valence-electron chi connectivity index (χ4n) is 1.33. The number of carbonyl (C=O) groups excluding carboxylic acids is 1. The molecule has 0 spiro atoms. The number of hydrogen-bond donors (Lipinski definition) is 3. The van der Waals surface area contributed by atoms with Crippen molar-refractivity contribution in [3.8, 4) is 0 Å². The summed E-state index contributed by atoms with van der Waals surface area (Å²) in [6.45, 7) is 0.0639.